The maximum absolute atomic E-state index is 13.6. The number of carbonyl (C=O) groups excluding carboxylic acids is 2. The van der Waals surface area contributed by atoms with Gasteiger partial charge < -0.3 is 19.2 Å². The van der Waals surface area contributed by atoms with Gasteiger partial charge in [-0.25, -0.2) is 4.39 Å². The number of halogens is 2. The van der Waals surface area contributed by atoms with Crippen molar-refractivity contribution >= 4 is 73.3 Å². The molecule has 0 saturated carbocycles. The van der Waals surface area contributed by atoms with E-state index in [-0.39, 0.29) is 29.7 Å². The van der Waals surface area contributed by atoms with Crippen LogP contribution in [0.3, 0.4) is 0 Å². The van der Waals surface area contributed by atoms with Gasteiger partial charge in [-0.1, -0.05) is 75.7 Å². The van der Waals surface area contributed by atoms with Crippen LogP contribution in [0.5, 0.6) is 5.75 Å². The number of aryl methyl sites for hydroxylation is 1. The van der Waals surface area contributed by atoms with E-state index in [0.717, 1.165) is 76.8 Å². The third kappa shape index (κ3) is 10.4. The lowest BCUT2D eigenvalue weighted by molar-refractivity contribution is -0.142. The van der Waals surface area contributed by atoms with Gasteiger partial charge in [-0.05, 0) is 176 Å². The number of para-hydroxylation sites is 1. The predicted molar refractivity (Wildman–Crippen MR) is 280 cm³/mol. The third-order valence-corrected chi connectivity index (χ3v) is 14.7. The topological polar surface area (TPSA) is 99.6 Å². The lowest BCUT2D eigenvalue weighted by Crippen LogP contribution is -2.34. The number of nitrogens with one attached hydrogen (secondary N) is 1. The molecule has 8 nitrogen and oxygen atoms in total. The second-order valence-corrected chi connectivity index (χ2v) is 19.1. The largest absolute Gasteiger partial charge is 0.497 e. The number of nitrogens with zero attached hydrogens (tertiary/aromatic N) is 1. The summed E-state index contributed by atoms with van der Waals surface area (Å²) in [4.78, 5) is 29.8. The van der Waals surface area contributed by atoms with E-state index in [2.05, 4.69) is 63.9 Å². The molecule has 0 saturated heterocycles. The monoisotopic (exact) mass is 968 g/mol. The van der Waals surface area contributed by atoms with Gasteiger partial charge in [0.05, 0.1) is 38.0 Å². The molecule has 1 atom stereocenters. The second kappa shape index (κ2) is 22.1. The van der Waals surface area contributed by atoms with Crippen LogP contribution in [-0.4, -0.2) is 52.2 Å². The van der Waals surface area contributed by atoms with Gasteiger partial charge >= 0.3 is 5.97 Å². The molecule has 1 aliphatic heterocycles. The zero-order valence-electron chi connectivity index (χ0n) is 41.1. The number of fused-ring (bicyclic) bond motifs is 5. The fraction of sp³-hybridized carbons (Fsp3) is 0.310. The number of aromatic amines is 1. The van der Waals surface area contributed by atoms with E-state index >= 15 is 0 Å². The minimum absolute atomic E-state index is 0.0875. The quantitative estimate of drug-likeness (QED) is 0.130. The average molecular weight is 970 g/mol. The predicted octanol–water partition coefficient (Wildman–Crippen LogP) is 14.0. The van der Waals surface area contributed by atoms with Crippen LogP contribution in [0.1, 0.15) is 116 Å². The van der Waals surface area contributed by atoms with Gasteiger partial charge in [-0.2, -0.15) is 0 Å². The zero-order chi connectivity index (χ0) is 49.6. The summed E-state index contributed by atoms with van der Waals surface area (Å²) in [5.41, 5.74) is 14.8. The first-order valence-corrected chi connectivity index (χ1v) is 25.7. The molecule has 0 spiro atoms. The first-order valence-electron chi connectivity index (χ1n) is 23.8. The molecule has 1 unspecified atom stereocenters. The van der Waals surface area contributed by atoms with Crippen LogP contribution in [0.4, 0.5) is 4.39 Å². The molecule has 2 aromatic heterocycles. The lowest BCUT2D eigenvalue weighted by atomic mass is 9.87. The number of ether oxygens (including phenoxy) is 3. The molecule has 0 fully saturated rings. The third-order valence-electron chi connectivity index (χ3n) is 13.5. The Hall–Kier alpha value is -6.07. The molecule has 69 heavy (non-hydrogen) atoms. The lowest BCUT2D eigenvalue weighted by Gasteiger charge is -2.36. The van der Waals surface area contributed by atoms with Gasteiger partial charge in [-0.15, -0.1) is 0 Å². The molecule has 1 N–H and O–H groups in total. The summed E-state index contributed by atoms with van der Waals surface area (Å²) in [6.45, 7) is 15.6. The van der Waals surface area contributed by atoms with E-state index in [1.165, 1.54) is 44.9 Å². The SMILES string of the molecule is CCC1=C(C)/C(=C/c2ccc(S(C)=O)cc2)c2ccc(F)cc21.CCOC(=O)Cc1c(C)n(C(=O)c2ccc(Cl)cc2)c2ccc(OC)cc12.CCc1cccc2c3c([nH]c12)C(CC)(CC)OCC3. The Morgan fingerprint density at radius 2 is 1.61 bits per heavy atom. The molecule has 360 valence electrons. The van der Waals surface area contributed by atoms with Gasteiger partial charge in [0.25, 0.3) is 5.91 Å². The highest BCUT2D eigenvalue weighted by Gasteiger charge is 2.37. The fourth-order valence-corrected chi connectivity index (χ4v) is 10.4. The summed E-state index contributed by atoms with van der Waals surface area (Å²) in [5.74, 6) is -0.0573. The number of rotatable bonds is 11. The van der Waals surface area contributed by atoms with Gasteiger partial charge in [0, 0.05) is 54.5 Å². The summed E-state index contributed by atoms with van der Waals surface area (Å²) in [5, 5.41) is 2.76. The summed E-state index contributed by atoms with van der Waals surface area (Å²) < 4.78 is 43.3. The molecule has 2 aliphatic rings. The van der Waals surface area contributed by atoms with E-state index in [1.54, 1.807) is 61.3 Å². The normalized spacial score (nSPS) is 14.7. The Bertz CT molecular complexity index is 3100. The van der Waals surface area contributed by atoms with E-state index in [9.17, 15) is 18.2 Å². The van der Waals surface area contributed by atoms with Crippen molar-refractivity contribution in [1.29, 1.82) is 0 Å². The van der Waals surface area contributed by atoms with Gasteiger partial charge in [0.1, 0.15) is 17.2 Å². The highest BCUT2D eigenvalue weighted by atomic mass is 35.5. The van der Waals surface area contributed by atoms with E-state index in [0.29, 0.717) is 34.2 Å². The minimum atomic E-state index is -0.966. The number of allylic oxidation sites excluding steroid dienone is 3. The minimum Gasteiger partial charge on any atom is -0.497 e. The number of carbonyl (C=O) groups is 2. The first-order chi connectivity index (χ1) is 33.2. The van der Waals surface area contributed by atoms with Crippen molar-refractivity contribution in [3.05, 3.63) is 170 Å². The molecule has 0 amide bonds. The molecule has 1 aliphatic carbocycles. The molecule has 9 rings (SSSR count). The van der Waals surface area contributed by atoms with Crippen molar-refractivity contribution in [3.63, 3.8) is 0 Å². The summed E-state index contributed by atoms with van der Waals surface area (Å²) in [6.07, 6.45) is 8.94. The van der Waals surface area contributed by atoms with Gasteiger partial charge in [-0.3, -0.25) is 18.4 Å². The van der Waals surface area contributed by atoms with Crippen LogP contribution in [0.2, 0.25) is 5.02 Å². The molecule has 3 heterocycles. The standard InChI is InChI=1S/C21H20ClNO4.C20H19FOS.C17H23NO/c1-4-27-20(24)12-17-13(2)23(19-10-9-16(26-3)11-18(17)19)21(25)14-5-7-15(22)8-6-14;1-4-17-13(2)19(18-10-7-15(21)12-20(17)18)11-14-5-8-16(9-6-14)23(3)22;1-4-12-8-7-9-13-14-10-11-19-17(5-2,6-3)16(14)18-15(12)13/h5-11H,4,12H2,1-3H3;5-12H,4H2,1-3H3;7-9,18H,4-6,10-11H2,1-3H3/b;19-11-;. The summed E-state index contributed by atoms with van der Waals surface area (Å²) >= 11 is 5.93. The molecule has 7 aromatic rings. The van der Waals surface area contributed by atoms with Crippen LogP contribution in [0.15, 0.2) is 114 Å². The first kappa shape index (κ1) is 50.8. The van der Waals surface area contributed by atoms with Crippen molar-refractivity contribution in [1.82, 2.24) is 9.55 Å². The second-order valence-electron chi connectivity index (χ2n) is 17.3. The van der Waals surface area contributed by atoms with Crippen LogP contribution in [-0.2, 0) is 49.9 Å². The van der Waals surface area contributed by atoms with Crippen LogP contribution < -0.4 is 4.74 Å². The average Bonchev–Trinajstić information content (AvgIpc) is 3.97. The number of H-pyrrole nitrogens is 1. The van der Waals surface area contributed by atoms with Crippen LogP contribution in [0, 0.1) is 12.7 Å². The van der Waals surface area contributed by atoms with Crippen molar-refractivity contribution < 1.29 is 32.4 Å². The number of aromatic nitrogens is 2. The fourth-order valence-electron chi connectivity index (χ4n) is 9.79. The van der Waals surface area contributed by atoms with Gasteiger partial charge in [0.15, 0.2) is 0 Å². The number of esters is 1. The van der Waals surface area contributed by atoms with Crippen molar-refractivity contribution in [2.75, 3.05) is 26.6 Å². The number of hydrogen-bond acceptors (Lipinski definition) is 6. The Labute approximate surface area is 413 Å². The van der Waals surface area contributed by atoms with Crippen molar-refractivity contribution in [2.45, 2.75) is 97.5 Å². The van der Waals surface area contributed by atoms with E-state index < -0.39 is 10.8 Å². The highest BCUT2D eigenvalue weighted by Crippen LogP contribution is 2.44. The maximum atomic E-state index is 13.6. The Morgan fingerprint density at radius 3 is 2.25 bits per heavy atom. The molecule has 0 bridgehead atoms. The van der Waals surface area contributed by atoms with E-state index in [4.69, 9.17) is 25.8 Å². The summed E-state index contributed by atoms with van der Waals surface area (Å²) in [6, 6.07) is 31.6. The Kier molecular flexibility index (Phi) is 16.3. The number of hydrogen-bond donors (Lipinski definition) is 1. The molecular formula is C58H62ClFN2O6S. The molecular weight excluding hydrogens is 907 g/mol. The van der Waals surface area contributed by atoms with E-state index in [1.807, 2.05) is 49.4 Å². The van der Waals surface area contributed by atoms with Gasteiger partial charge in [0.2, 0.25) is 0 Å². The zero-order valence-corrected chi connectivity index (χ0v) is 42.7. The maximum Gasteiger partial charge on any atom is 0.310 e. The van der Waals surface area contributed by atoms with Crippen LogP contribution in [0.25, 0.3) is 39.0 Å². The Morgan fingerprint density at radius 1 is 0.884 bits per heavy atom. The summed E-state index contributed by atoms with van der Waals surface area (Å²) in [7, 11) is 0.612. The van der Waals surface area contributed by atoms with Crippen molar-refractivity contribution in [2.24, 2.45) is 0 Å². The Balaban J connectivity index is 0.000000155. The molecule has 0 radical (unpaired) electrons. The van der Waals surface area contributed by atoms with Crippen LogP contribution >= 0.6 is 11.6 Å². The number of benzene rings is 5. The number of methoxy groups -OCH3 is 1. The molecule has 11 heteroatoms. The molecule has 5 aromatic carbocycles. The highest BCUT2D eigenvalue weighted by molar-refractivity contribution is 7.84. The van der Waals surface area contributed by atoms with Crippen molar-refractivity contribution in [3.8, 4) is 5.75 Å². The smallest absolute Gasteiger partial charge is 0.310 e.